The van der Waals surface area contributed by atoms with Crippen molar-refractivity contribution in [1.29, 1.82) is 0 Å². The van der Waals surface area contributed by atoms with Gasteiger partial charge in [-0.15, -0.1) is 0 Å². The summed E-state index contributed by atoms with van der Waals surface area (Å²) in [6.45, 7) is 4.12. The van der Waals surface area contributed by atoms with Crippen molar-refractivity contribution < 1.29 is 24.2 Å². The highest BCUT2D eigenvalue weighted by Gasteiger charge is 2.35. The van der Waals surface area contributed by atoms with E-state index in [2.05, 4.69) is 16.0 Å². The van der Waals surface area contributed by atoms with Gasteiger partial charge in [0.05, 0.1) is 30.4 Å². The number of anilines is 2. The number of amides is 5. The number of aliphatic hydroxyl groups excluding tert-OH is 1. The van der Waals surface area contributed by atoms with E-state index >= 15 is 0 Å². The molecule has 40 heavy (non-hydrogen) atoms. The molecule has 10 heteroatoms. The smallest absolute Gasteiger partial charge is 0.321 e. The summed E-state index contributed by atoms with van der Waals surface area (Å²) in [4.78, 5) is 42.7. The minimum Gasteiger partial charge on any atom is -0.485 e. The number of hydrogen-bond donors (Lipinski definition) is 4. The molecule has 4 rings (SSSR count). The monoisotopic (exact) mass is 551 g/mol. The number of likely N-dealkylation sites (N-methyl/N-ethyl adjacent to an activating group) is 1. The average molecular weight is 552 g/mol. The van der Waals surface area contributed by atoms with E-state index in [-0.39, 0.29) is 48.8 Å². The fourth-order valence-corrected chi connectivity index (χ4v) is 5.24. The molecular weight excluding hydrogens is 510 g/mol. The van der Waals surface area contributed by atoms with Crippen LogP contribution < -0.4 is 20.7 Å². The van der Waals surface area contributed by atoms with Crippen molar-refractivity contribution in [2.75, 3.05) is 37.4 Å². The topological polar surface area (TPSA) is 123 Å². The van der Waals surface area contributed by atoms with Crippen LogP contribution in [0.15, 0.2) is 48.5 Å². The molecule has 1 heterocycles. The van der Waals surface area contributed by atoms with Crippen LogP contribution in [0, 0.1) is 5.92 Å². The summed E-state index contributed by atoms with van der Waals surface area (Å²) in [5.74, 6) is -0.217. The summed E-state index contributed by atoms with van der Waals surface area (Å²) in [5.41, 5.74) is 1.36. The normalized spacial score (nSPS) is 20.3. The zero-order chi connectivity index (χ0) is 28.6. The first-order valence-electron chi connectivity index (χ1n) is 14.1. The molecule has 0 bridgehead atoms. The zero-order valence-corrected chi connectivity index (χ0v) is 23.6. The van der Waals surface area contributed by atoms with E-state index in [1.54, 1.807) is 42.0 Å². The third-order valence-corrected chi connectivity index (χ3v) is 7.71. The Morgan fingerprint density at radius 1 is 1.07 bits per heavy atom. The maximum Gasteiger partial charge on any atom is 0.321 e. The molecule has 2 aromatic rings. The van der Waals surface area contributed by atoms with Crippen molar-refractivity contribution in [2.45, 2.75) is 64.1 Å². The summed E-state index contributed by atoms with van der Waals surface area (Å²) in [6.07, 6.45) is 4.75. The number of urea groups is 2. The molecule has 0 radical (unpaired) electrons. The van der Waals surface area contributed by atoms with E-state index in [4.69, 9.17) is 4.74 Å². The Morgan fingerprint density at radius 2 is 1.80 bits per heavy atom. The van der Waals surface area contributed by atoms with Gasteiger partial charge in [0.15, 0.2) is 5.75 Å². The lowest BCUT2D eigenvalue weighted by Gasteiger charge is -2.38. The van der Waals surface area contributed by atoms with Gasteiger partial charge >= 0.3 is 12.1 Å². The number of carbonyl (C=O) groups excluding carboxylic acids is 3. The van der Waals surface area contributed by atoms with Crippen molar-refractivity contribution in [2.24, 2.45) is 5.92 Å². The van der Waals surface area contributed by atoms with Gasteiger partial charge in [-0.25, -0.2) is 9.59 Å². The quantitative estimate of drug-likeness (QED) is 0.403. The lowest BCUT2D eigenvalue weighted by Crippen LogP contribution is -2.50. The molecule has 3 atom stereocenters. The Kier molecular flexibility index (Phi) is 9.87. The van der Waals surface area contributed by atoms with Crippen LogP contribution in [-0.4, -0.2) is 77.8 Å². The molecule has 5 amide bonds. The van der Waals surface area contributed by atoms with E-state index in [0.717, 1.165) is 25.7 Å². The van der Waals surface area contributed by atoms with Gasteiger partial charge in [0, 0.05) is 31.2 Å². The molecule has 4 N–H and O–H groups in total. The molecule has 1 aliphatic heterocycles. The van der Waals surface area contributed by atoms with Crippen LogP contribution >= 0.6 is 0 Å². The number of para-hydroxylation sites is 2. The van der Waals surface area contributed by atoms with Crippen LogP contribution in [0.25, 0.3) is 0 Å². The molecule has 1 saturated carbocycles. The number of carbonyl (C=O) groups is 3. The highest BCUT2D eigenvalue weighted by atomic mass is 16.5. The first-order chi connectivity index (χ1) is 19.3. The van der Waals surface area contributed by atoms with Crippen LogP contribution in [0.4, 0.5) is 21.0 Å². The molecule has 1 fully saturated rings. The number of aliphatic hydroxyl groups is 1. The summed E-state index contributed by atoms with van der Waals surface area (Å²) >= 11 is 0. The third kappa shape index (κ3) is 7.24. The Hall–Kier alpha value is -3.79. The number of ether oxygens (including phenoxy) is 1. The minimum atomic E-state index is -0.504. The van der Waals surface area contributed by atoms with Gasteiger partial charge in [0.1, 0.15) is 6.10 Å². The third-order valence-electron chi connectivity index (χ3n) is 7.71. The molecular formula is C30H41N5O5. The van der Waals surface area contributed by atoms with E-state index in [9.17, 15) is 19.5 Å². The number of fused-ring (bicyclic) bond motifs is 1. The maximum absolute atomic E-state index is 13.7. The summed E-state index contributed by atoms with van der Waals surface area (Å²) < 4.78 is 6.50. The second-order valence-electron chi connectivity index (χ2n) is 10.9. The highest BCUT2D eigenvalue weighted by Crippen LogP contribution is 2.35. The standard InChI is InChI=1S/C30H41N5O5/c1-20-17-35(21(2)19-36)28(37)24-15-10-16-25(33-29(38)31-22-11-6-4-7-12-22)27(24)40-26(20)18-34(3)30(39)32-23-13-8-5-9-14-23/h5,8-10,13-16,20-22,26,36H,4,6-7,11-12,17-19H2,1-3H3,(H,32,39)(H2,31,33,38)/t20-,21-,26+/m1/s1. The predicted octanol–water partition coefficient (Wildman–Crippen LogP) is 4.52. The van der Waals surface area contributed by atoms with Gasteiger partial charge in [-0.3, -0.25) is 4.79 Å². The molecule has 0 saturated heterocycles. The van der Waals surface area contributed by atoms with Gasteiger partial charge in [-0.2, -0.15) is 0 Å². The molecule has 0 spiro atoms. The minimum absolute atomic E-state index is 0.118. The summed E-state index contributed by atoms with van der Waals surface area (Å²) in [7, 11) is 1.69. The van der Waals surface area contributed by atoms with Crippen molar-refractivity contribution >= 4 is 29.3 Å². The maximum atomic E-state index is 13.7. The number of rotatable bonds is 7. The second kappa shape index (κ2) is 13.5. The number of nitrogens with zero attached hydrogens (tertiary/aromatic N) is 2. The van der Waals surface area contributed by atoms with Crippen LogP contribution in [0.2, 0.25) is 0 Å². The first-order valence-corrected chi connectivity index (χ1v) is 14.1. The van der Waals surface area contributed by atoms with Crippen molar-refractivity contribution in [3.8, 4) is 5.75 Å². The Balaban J connectivity index is 1.59. The molecule has 1 aliphatic carbocycles. The molecule has 216 valence electrons. The summed E-state index contributed by atoms with van der Waals surface area (Å²) in [5, 5.41) is 18.7. The Morgan fingerprint density at radius 3 is 2.50 bits per heavy atom. The predicted molar refractivity (Wildman–Crippen MR) is 155 cm³/mol. The fraction of sp³-hybridized carbons (Fsp3) is 0.500. The van der Waals surface area contributed by atoms with Crippen LogP contribution in [-0.2, 0) is 0 Å². The van der Waals surface area contributed by atoms with Gasteiger partial charge in [0.2, 0.25) is 0 Å². The molecule has 2 aromatic carbocycles. The van der Waals surface area contributed by atoms with Crippen LogP contribution in [0.1, 0.15) is 56.3 Å². The van der Waals surface area contributed by atoms with E-state index < -0.39 is 12.1 Å². The first kappa shape index (κ1) is 29.2. The van der Waals surface area contributed by atoms with Gasteiger partial charge in [-0.1, -0.05) is 50.5 Å². The van der Waals surface area contributed by atoms with Crippen LogP contribution in [0.3, 0.4) is 0 Å². The SMILES string of the molecule is C[C@@H]1CN([C@H](C)CO)C(=O)c2cccc(NC(=O)NC3CCCCC3)c2O[C@H]1CN(C)C(=O)Nc1ccccc1. The molecule has 10 nitrogen and oxygen atoms in total. The van der Waals surface area contributed by atoms with E-state index in [1.165, 1.54) is 6.42 Å². The Labute approximate surface area is 236 Å². The van der Waals surface area contributed by atoms with Crippen molar-refractivity contribution in [1.82, 2.24) is 15.1 Å². The fourth-order valence-electron chi connectivity index (χ4n) is 5.24. The van der Waals surface area contributed by atoms with Crippen molar-refractivity contribution in [3.63, 3.8) is 0 Å². The van der Waals surface area contributed by atoms with E-state index in [1.807, 2.05) is 37.3 Å². The summed E-state index contributed by atoms with van der Waals surface area (Å²) in [6, 6.07) is 13.3. The Bertz CT molecular complexity index is 1170. The number of nitrogens with one attached hydrogen (secondary N) is 3. The zero-order valence-electron chi connectivity index (χ0n) is 23.6. The molecule has 0 aromatic heterocycles. The highest BCUT2D eigenvalue weighted by molar-refractivity contribution is 6.01. The largest absolute Gasteiger partial charge is 0.485 e. The molecule has 0 unspecified atom stereocenters. The van der Waals surface area contributed by atoms with Gasteiger partial charge in [0.25, 0.3) is 5.91 Å². The number of hydrogen-bond acceptors (Lipinski definition) is 5. The average Bonchev–Trinajstić information content (AvgIpc) is 2.95. The van der Waals surface area contributed by atoms with Crippen molar-refractivity contribution in [3.05, 3.63) is 54.1 Å². The van der Waals surface area contributed by atoms with Gasteiger partial charge in [-0.05, 0) is 44.0 Å². The lowest BCUT2D eigenvalue weighted by atomic mass is 9.96. The van der Waals surface area contributed by atoms with Gasteiger partial charge < -0.3 is 35.6 Å². The molecule has 2 aliphatic rings. The van der Waals surface area contributed by atoms with E-state index in [0.29, 0.717) is 23.5 Å². The second-order valence-corrected chi connectivity index (χ2v) is 10.9. The lowest BCUT2D eigenvalue weighted by molar-refractivity contribution is 0.0373. The van der Waals surface area contributed by atoms with Crippen LogP contribution in [0.5, 0.6) is 5.75 Å². The number of benzene rings is 2.